The molecule has 1 amide bonds. The van der Waals surface area contributed by atoms with Gasteiger partial charge in [-0.05, 0) is 45.6 Å². The Hall–Kier alpha value is -1.10. The highest BCUT2D eigenvalue weighted by atomic mass is 16.4. The second kappa shape index (κ2) is 7.48. The van der Waals surface area contributed by atoms with E-state index in [1.807, 2.05) is 18.7 Å². The molecule has 0 radical (unpaired) electrons. The Morgan fingerprint density at radius 2 is 2.11 bits per heavy atom. The highest BCUT2D eigenvalue weighted by Gasteiger charge is 2.31. The Morgan fingerprint density at radius 3 is 2.63 bits per heavy atom. The summed E-state index contributed by atoms with van der Waals surface area (Å²) in [6.07, 6.45) is 2.82. The fourth-order valence-corrected chi connectivity index (χ4v) is 2.58. The zero-order chi connectivity index (χ0) is 14.4. The molecule has 1 aliphatic heterocycles. The Kier molecular flexibility index (Phi) is 6.28. The molecule has 2 unspecified atom stereocenters. The topological polar surface area (TPSA) is 69.6 Å². The molecule has 1 heterocycles. The van der Waals surface area contributed by atoms with Crippen LogP contribution >= 0.6 is 0 Å². The highest BCUT2D eigenvalue weighted by Crippen LogP contribution is 2.18. The molecule has 0 spiro atoms. The van der Waals surface area contributed by atoms with Crippen molar-refractivity contribution >= 4 is 11.9 Å². The molecular formula is C14H26N2O3. The van der Waals surface area contributed by atoms with Gasteiger partial charge in [0.1, 0.15) is 0 Å². The SMILES string of the molecule is CC1CCCNC1C(=O)N(CCCC(=O)O)C(C)C. The van der Waals surface area contributed by atoms with Gasteiger partial charge in [-0.15, -0.1) is 0 Å². The van der Waals surface area contributed by atoms with Gasteiger partial charge in [0.2, 0.25) is 5.91 Å². The van der Waals surface area contributed by atoms with Crippen LogP contribution in [0.25, 0.3) is 0 Å². The smallest absolute Gasteiger partial charge is 0.303 e. The second-order valence-electron chi connectivity index (χ2n) is 5.67. The Labute approximate surface area is 115 Å². The number of carboxylic acids is 1. The summed E-state index contributed by atoms with van der Waals surface area (Å²) >= 11 is 0. The summed E-state index contributed by atoms with van der Waals surface area (Å²) in [5.74, 6) is -0.338. The van der Waals surface area contributed by atoms with Crippen LogP contribution in [0.3, 0.4) is 0 Å². The molecule has 0 aliphatic carbocycles. The number of carbonyl (C=O) groups is 2. The van der Waals surface area contributed by atoms with Crippen molar-refractivity contribution in [3.8, 4) is 0 Å². The predicted molar refractivity (Wildman–Crippen MR) is 73.9 cm³/mol. The van der Waals surface area contributed by atoms with Gasteiger partial charge in [0.05, 0.1) is 6.04 Å². The predicted octanol–water partition coefficient (Wildman–Crippen LogP) is 1.48. The first-order valence-corrected chi connectivity index (χ1v) is 7.19. The van der Waals surface area contributed by atoms with Crippen LogP contribution in [0, 0.1) is 5.92 Å². The van der Waals surface area contributed by atoms with E-state index in [9.17, 15) is 9.59 Å². The highest BCUT2D eigenvalue weighted by molar-refractivity contribution is 5.82. The lowest BCUT2D eigenvalue weighted by atomic mass is 9.91. The van der Waals surface area contributed by atoms with Crippen molar-refractivity contribution < 1.29 is 14.7 Å². The number of hydrogen-bond donors (Lipinski definition) is 2. The number of rotatable bonds is 6. The number of nitrogens with one attached hydrogen (secondary N) is 1. The minimum Gasteiger partial charge on any atom is -0.481 e. The van der Waals surface area contributed by atoms with Crippen LogP contribution in [0.15, 0.2) is 0 Å². The molecule has 5 heteroatoms. The van der Waals surface area contributed by atoms with Crippen molar-refractivity contribution in [2.45, 2.75) is 58.5 Å². The molecule has 1 fully saturated rings. The number of carbonyl (C=O) groups excluding carboxylic acids is 1. The van der Waals surface area contributed by atoms with Gasteiger partial charge in [0.15, 0.2) is 0 Å². The van der Waals surface area contributed by atoms with Crippen LogP contribution in [-0.2, 0) is 9.59 Å². The third kappa shape index (κ3) is 4.82. The molecule has 1 rings (SSSR count). The number of carboxylic acid groups (broad SMARTS) is 1. The van der Waals surface area contributed by atoms with Crippen molar-refractivity contribution in [1.82, 2.24) is 10.2 Å². The average Bonchev–Trinajstić information content (AvgIpc) is 2.33. The van der Waals surface area contributed by atoms with Gasteiger partial charge in [-0.2, -0.15) is 0 Å². The molecule has 2 N–H and O–H groups in total. The minimum absolute atomic E-state index is 0.109. The lowest BCUT2D eigenvalue weighted by Gasteiger charge is -2.35. The summed E-state index contributed by atoms with van der Waals surface area (Å²) in [6.45, 7) is 7.47. The molecule has 19 heavy (non-hydrogen) atoms. The molecule has 2 atom stereocenters. The van der Waals surface area contributed by atoms with Gasteiger partial charge in [-0.1, -0.05) is 6.92 Å². The Morgan fingerprint density at radius 1 is 1.42 bits per heavy atom. The number of aliphatic carboxylic acids is 1. The van der Waals surface area contributed by atoms with E-state index in [0.717, 1.165) is 19.4 Å². The molecule has 1 saturated heterocycles. The van der Waals surface area contributed by atoms with Crippen molar-refractivity contribution in [2.24, 2.45) is 5.92 Å². The zero-order valence-corrected chi connectivity index (χ0v) is 12.2. The first-order valence-electron chi connectivity index (χ1n) is 7.19. The Balaban J connectivity index is 2.58. The third-order valence-electron chi connectivity index (χ3n) is 3.73. The standard InChI is InChI=1S/C14H26N2O3/c1-10(2)16(9-5-7-12(17)18)14(19)13-11(3)6-4-8-15-13/h10-11,13,15H,4-9H2,1-3H3,(H,17,18). The van der Waals surface area contributed by atoms with Crippen molar-refractivity contribution in [2.75, 3.05) is 13.1 Å². The molecule has 0 saturated carbocycles. The van der Waals surface area contributed by atoms with Crippen molar-refractivity contribution in [3.63, 3.8) is 0 Å². The van der Waals surface area contributed by atoms with E-state index in [1.165, 1.54) is 0 Å². The summed E-state index contributed by atoms with van der Waals surface area (Å²) in [5.41, 5.74) is 0. The van der Waals surface area contributed by atoms with Crippen LogP contribution < -0.4 is 5.32 Å². The van der Waals surface area contributed by atoms with E-state index in [4.69, 9.17) is 5.11 Å². The van der Waals surface area contributed by atoms with Crippen LogP contribution in [0.2, 0.25) is 0 Å². The van der Waals surface area contributed by atoms with E-state index in [1.54, 1.807) is 0 Å². The summed E-state index contributed by atoms with van der Waals surface area (Å²) in [4.78, 5) is 24.9. The molecule has 110 valence electrons. The maximum Gasteiger partial charge on any atom is 0.303 e. The molecule has 0 aromatic carbocycles. The van der Waals surface area contributed by atoms with Crippen LogP contribution in [0.1, 0.15) is 46.5 Å². The first-order chi connectivity index (χ1) is 8.93. The molecule has 0 aromatic rings. The van der Waals surface area contributed by atoms with Gasteiger partial charge in [-0.25, -0.2) is 0 Å². The third-order valence-corrected chi connectivity index (χ3v) is 3.73. The fourth-order valence-electron chi connectivity index (χ4n) is 2.58. The largest absolute Gasteiger partial charge is 0.481 e. The van der Waals surface area contributed by atoms with E-state index in [-0.39, 0.29) is 24.4 Å². The summed E-state index contributed by atoms with van der Waals surface area (Å²) < 4.78 is 0. The van der Waals surface area contributed by atoms with Gasteiger partial charge >= 0.3 is 5.97 Å². The normalized spacial score (nSPS) is 23.4. The van der Waals surface area contributed by atoms with E-state index in [2.05, 4.69) is 12.2 Å². The van der Waals surface area contributed by atoms with Crippen LogP contribution in [0.5, 0.6) is 0 Å². The van der Waals surface area contributed by atoms with E-state index < -0.39 is 5.97 Å². The van der Waals surface area contributed by atoms with Gasteiger partial charge in [0, 0.05) is 19.0 Å². The molecular weight excluding hydrogens is 244 g/mol. The number of nitrogens with zero attached hydrogens (tertiary/aromatic N) is 1. The van der Waals surface area contributed by atoms with Crippen molar-refractivity contribution in [3.05, 3.63) is 0 Å². The molecule has 0 aromatic heterocycles. The van der Waals surface area contributed by atoms with Gasteiger partial charge in [-0.3, -0.25) is 9.59 Å². The summed E-state index contributed by atoms with van der Waals surface area (Å²) in [5, 5.41) is 12.0. The Bertz CT molecular complexity index is 318. The number of amides is 1. The first kappa shape index (κ1) is 16.0. The lowest BCUT2D eigenvalue weighted by Crippen LogP contribution is -2.54. The monoisotopic (exact) mass is 270 g/mol. The maximum absolute atomic E-state index is 12.5. The second-order valence-corrected chi connectivity index (χ2v) is 5.67. The summed E-state index contributed by atoms with van der Waals surface area (Å²) in [6, 6.07) is -0.00167. The minimum atomic E-state index is -0.805. The van der Waals surface area contributed by atoms with Crippen molar-refractivity contribution in [1.29, 1.82) is 0 Å². The molecule has 5 nitrogen and oxygen atoms in total. The molecule has 0 bridgehead atoms. The summed E-state index contributed by atoms with van der Waals surface area (Å²) in [7, 11) is 0. The quantitative estimate of drug-likeness (QED) is 0.767. The maximum atomic E-state index is 12.5. The van der Waals surface area contributed by atoms with Crippen LogP contribution in [0.4, 0.5) is 0 Å². The van der Waals surface area contributed by atoms with E-state index >= 15 is 0 Å². The number of hydrogen-bond acceptors (Lipinski definition) is 3. The lowest BCUT2D eigenvalue weighted by molar-refractivity contribution is -0.140. The van der Waals surface area contributed by atoms with Gasteiger partial charge < -0.3 is 15.3 Å². The van der Waals surface area contributed by atoms with Crippen LogP contribution in [-0.4, -0.2) is 47.1 Å². The van der Waals surface area contributed by atoms with Gasteiger partial charge in [0.25, 0.3) is 0 Å². The molecule has 1 aliphatic rings. The average molecular weight is 270 g/mol. The fraction of sp³-hybridized carbons (Fsp3) is 0.857. The zero-order valence-electron chi connectivity index (χ0n) is 12.2. The van der Waals surface area contributed by atoms with E-state index in [0.29, 0.717) is 18.9 Å². The number of piperidine rings is 1.